The second-order valence-corrected chi connectivity index (χ2v) is 8.39. The fourth-order valence-corrected chi connectivity index (χ4v) is 3.93. The Morgan fingerprint density at radius 2 is 1.70 bits per heavy atom. The lowest BCUT2D eigenvalue weighted by Crippen LogP contribution is -2.46. The fraction of sp³-hybridized carbons (Fsp3) is 0.300. The molecule has 0 saturated carbocycles. The first-order valence-corrected chi connectivity index (χ1v) is 10.4. The van der Waals surface area contributed by atoms with Crippen LogP contribution in [0.25, 0.3) is 0 Å². The van der Waals surface area contributed by atoms with E-state index >= 15 is 0 Å². The lowest BCUT2D eigenvalue weighted by molar-refractivity contribution is -0.121. The largest absolute Gasteiger partial charge is 0.271 e. The van der Waals surface area contributed by atoms with Gasteiger partial charge in [-0.3, -0.25) is 9.10 Å². The smallest absolute Gasteiger partial charge is 0.263 e. The highest BCUT2D eigenvalue weighted by Gasteiger charge is 2.28. The Bertz CT molecular complexity index is 954. The third kappa shape index (κ3) is 4.95. The van der Waals surface area contributed by atoms with Crippen molar-refractivity contribution >= 4 is 27.8 Å². The monoisotopic (exact) mass is 387 g/mol. The van der Waals surface area contributed by atoms with Gasteiger partial charge in [-0.05, 0) is 62.1 Å². The van der Waals surface area contributed by atoms with Crippen LogP contribution in [0.2, 0.25) is 0 Å². The molecule has 6 nitrogen and oxygen atoms in total. The second kappa shape index (κ2) is 8.35. The van der Waals surface area contributed by atoms with Crippen molar-refractivity contribution in [3.63, 3.8) is 0 Å². The van der Waals surface area contributed by atoms with Gasteiger partial charge in [-0.15, -0.1) is 0 Å². The van der Waals surface area contributed by atoms with Crippen LogP contribution >= 0.6 is 0 Å². The molecule has 0 aliphatic rings. The number of rotatable bonds is 6. The molecule has 2 aromatic carbocycles. The van der Waals surface area contributed by atoms with E-state index in [0.717, 1.165) is 21.7 Å². The number of nitrogens with zero attached hydrogens (tertiary/aromatic N) is 2. The minimum absolute atomic E-state index is 0.427. The van der Waals surface area contributed by atoms with Crippen LogP contribution in [-0.4, -0.2) is 32.8 Å². The van der Waals surface area contributed by atoms with Crippen LogP contribution in [0.4, 0.5) is 5.69 Å². The van der Waals surface area contributed by atoms with Gasteiger partial charge >= 0.3 is 0 Å². The van der Waals surface area contributed by atoms with Crippen LogP contribution in [0.3, 0.4) is 0 Å². The molecule has 0 spiro atoms. The minimum Gasteiger partial charge on any atom is -0.271 e. The molecular formula is C20H25N3O3S. The Kier molecular flexibility index (Phi) is 6.38. The summed E-state index contributed by atoms with van der Waals surface area (Å²) in [6, 6.07) is 11.5. The Balaban J connectivity index is 2.18. The Morgan fingerprint density at radius 3 is 2.30 bits per heavy atom. The van der Waals surface area contributed by atoms with E-state index in [1.54, 1.807) is 36.5 Å². The molecular weight excluding hydrogens is 362 g/mol. The lowest BCUT2D eigenvalue weighted by Gasteiger charge is -2.27. The zero-order valence-electron chi connectivity index (χ0n) is 16.2. The Hall–Kier alpha value is -2.67. The van der Waals surface area contributed by atoms with E-state index in [1.165, 1.54) is 18.1 Å². The van der Waals surface area contributed by atoms with Crippen molar-refractivity contribution in [1.82, 2.24) is 5.43 Å². The number of aryl methyl sites for hydroxylation is 1. The van der Waals surface area contributed by atoms with Gasteiger partial charge in [-0.25, -0.2) is 13.8 Å². The van der Waals surface area contributed by atoms with Crippen LogP contribution in [-0.2, 0) is 14.8 Å². The number of benzene rings is 2. The first-order chi connectivity index (χ1) is 12.6. The number of hydrogen-bond acceptors (Lipinski definition) is 4. The number of carbonyl (C=O) groups excluding carboxylic acids is 1. The molecule has 144 valence electrons. The SMILES string of the molecule is Cc1ccc(C=NNC(=O)[C@H](C)N(c2ccccc2)S(C)(=O)=O)c(C)c1C. The highest BCUT2D eigenvalue weighted by Crippen LogP contribution is 2.20. The quantitative estimate of drug-likeness (QED) is 0.611. The average molecular weight is 388 g/mol. The Labute approximate surface area is 161 Å². The maximum absolute atomic E-state index is 12.5. The maximum atomic E-state index is 12.5. The van der Waals surface area contributed by atoms with E-state index < -0.39 is 22.0 Å². The van der Waals surface area contributed by atoms with Crippen molar-refractivity contribution in [3.05, 3.63) is 64.7 Å². The summed E-state index contributed by atoms with van der Waals surface area (Å²) in [6.07, 6.45) is 2.64. The molecule has 1 atom stereocenters. The number of nitrogens with one attached hydrogen (secondary N) is 1. The number of anilines is 1. The van der Waals surface area contributed by atoms with Gasteiger partial charge in [0.05, 0.1) is 18.2 Å². The standard InChI is InChI=1S/C20H25N3O3S/c1-14-11-12-18(16(3)15(14)2)13-21-22-20(24)17(4)23(27(5,25)26)19-9-7-6-8-10-19/h6-13,17H,1-5H3,(H,22,24)/t17-/m0/s1. The molecule has 7 heteroatoms. The van der Waals surface area contributed by atoms with E-state index in [4.69, 9.17) is 0 Å². The lowest BCUT2D eigenvalue weighted by atomic mass is 10.00. The molecule has 0 aromatic heterocycles. The van der Waals surface area contributed by atoms with Gasteiger partial charge in [0, 0.05) is 0 Å². The summed E-state index contributed by atoms with van der Waals surface area (Å²) in [5, 5.41) is 4.01. The van der Waals surface area contributed by atoms with Crippen LogP contribution in [0.1, 0.15) is 29.2 Å². The normalized spacial score (nSPS) is 12.8. The second-order valence-electron chi connectivity index (χ2n) is 6.53. The number of sulfonamides is 1. The third-order valence-corrected chi connectivity index (χ3v) is 5.82. The zero-order valence-corrected chi connectivity index (χ0v) is 17.0. The summed E-state index contributed by atoms with van der Waals surface area (Å²) < 4.78 is 25.5. The van der Waals surface area contributed by atoms with Gasteiger partial charge < -0.3 is 0 Å². The Morgan fingerprint density at radius 1 is 1.07 bits per heavy atom. The van der Waals surface area contributed by atoms with Gasteiger partial charge in [-0.2, -0.15) is 5.10 Å². The minimum atomic E-state index is -3.64. The molecule has 0 saturated heterocycles. The number of para-hydroxylation sites is 1. The molecule has 0 fully saturated rings. The first-order valence-electron chi connectivity index (χ1n) is 8.57. The summed E-state index contributed by atoms with van der Waals surface area (Å²) >= 11 is 0. The molecule has 2 aromatic rings. The summed E-state index contributed by atoms with van der Waals surface area (Å²) in [5.74, 6) is -0.512. The molecule has 0 radical (unpaired) electrons. The topological polar surface area (TPSA) is 78.8 Å². The van der Waals surface area contributed by atoms with E-state index in [-0.39, 0.29) is 0 Å². The van der Waals surface area contributed by atoms with Crippen LogP contribution in [0.15, 0.2) is 47.6 Å². The van der Waals surface area contributed by atoms with Gasteiger partial charge in [0.25, 0.3) is 5.91 Å². The highest BCUT2D eigenvalue weighted by atomic mass is 32.2. The van der Waals surface area contributed by atoms with Crippen LogP contribution in [0, 0.1) is 20.8 Å². The van der Waals surface area contributed by atoms with Gasteiger partial charge in [0.2, 0.25) is 10.0 Å². The van der Waals surface area contributed by atoms with Gasteiger partial charge in [0.1, 0.15) is 6.04 Å². The van der Waals surface area contributed by atoms with E-state index in [1.807, 2.05) is 32.9 Å². The van der Waals surface area contributed by atoms with Crippen molar-refractivity contribution in [2.24, 2.45) is 5.10 Å². The summed E-state index contributed by atoms with van der Waals surface area (Å²) in [6.45, 7) is 7.59. The molecule has 0 bridgehead atoms. The molecule has 1 amide bonds. The van der Waals surface area contributed by atoms with E-state index in [0.29, 0.717) is 5.69 Å². The summed E-state index contributed by atoms with van der Waals surface area (Å²) in [5.41, 5.74) is 7.21. The molecule has 1 N–H and O–H groups in total. The average Bonchev–Trinajstić information content (AvgIpc) is 2.61. The molecule has 0 heterocycles. The fourth-order valence-electron chi connectivity index (χ4n) is 2.76. The predicted molar refractivity (Wildman–Crippen MR) is 110 cm³/mol. The van der Waals surface area contributed by atoms with Crippen molar-refractivity contribution in [2.45, 2.75) is 33.7 Å². The highest BCUT2D eigenvalue weighted by molar-refractivity contribution is 7.92. The molecule has 0 aliphatic heterocycles. The van der Waals surface area contributed by atoms with Gasteiger partial charge in [0.15, 0.2) is 0 Å². The van der Waals surface area contributed by atoms with Crippen molar-refractivity contribution < 1.29 is 13.2 Å². The maximum Gasteiger partial charge on any atom is 0.263 e. The molecule has 0 aliphatic carbocycles. The van der Waals surface area contributed by atoms with Crippen LogP contribution in [0.5, 0.6) is 0 Å². The predicted octanol–water partition coefficient (Wildman–Crippen LogP) is 2.92. The van der Waals surface area contributed by atoms with E-state index in [2.05, 4.69) is 10.5 Å². The van der Waals surface area contributed by atoms with Gasteiger partial charge in [-0.1, -0.05) is 30.3 Å². The molecule has 2 rings (SSSR count). The number of hydrogen-bond donors (Lipinski definition) is 1. The van der Waals surface area contributed by atoms with Crippen molar-refractivity contribution in [2.75, 3.05) is 10.6 Å². The number of amides is 1. The summed E-state index contributed by atoms with van der Waals surface area (Å²) in [7, 11) is -3.64. The number of carbonyl (C=O) groups is 1. The van der Waals surface area contributed by atoms with E-state index in [9.17, 15) is 13.2 Å². The molecule has 27 heavy (non-hydrogen) atoms. The third-order valence-electron chi connectivity index (χ3n) is 4.58. The number of hydrazone groups is 1. The van der Waals surface area contributed by atoms with Crippen molar-refractivity contribution in [1.29, 1.82) is 0 Å². The zero-order chi connectivity index (χ0) is 20.2. The first kappa shape index (κ1) is 20.6. The van der Waals surface area contributed by atoms with Crippen LogP contribution < -0.4 is 9.73 Å². The van der Waals surface area contributed by atoms with Crippen molar-refractivity contribution in [3.8, 4) is 0 Å². The molecule has 0 unspecified atom stereocenters. The summed E-state index contributed by atoms with van der Waals surface area (Å²) in [4.78, 5) is 12.5.